The van der Waals surface area contributed by atoms with Crippen LogP contribution in [0.2, 0.25) is 0 Å². The molecule has 0 aliphatic rings. The SMILES string of the molecule is c1ccc(N(c2ccc(-c3ccc4sc5ccccc5c4c3)cc2)c2cc(N(c3ccccc3)c3ccc(-c4cccc5ccccc45)cc3)cc(N(c3ccccc3)c3ccc(-c4cccc5ccccc45)cc3)c2)cc1. The first-order chi connectivity index (χ1) is 38.7. The Labute approximate surface area is 459 Å². The van der Waals surface area contributed by atoms with Crippen molar-refractivity contribution in [2.75, 3.05) is 14.7 Å². The van der Waals surface area contributed by atoms with Gasteiger partial charge in [-0.05, 0) is 164 Å². The van der Waals surface area contributed by atoms with Gasteiger partial charge >= 0.3 is 0 Å². The van der Waals surface area contributed by atoms with E-state index in [0.717, 1.165) is 51.2 Å². The molecule has 0 fully saturated rings. The number of nitrogens with zero attached hydrogens (tertiary/aromatic N) is 3. The summed E-state index contributed by atoms with van der Waals surface area (Å²) in [5.74, 6) is 0. The van der Waals surface area contributed by atoms with Gasteiger partial charge in [-0.15, -0.1) is 11.3 Å². The molecule has 0 N–H and O–H groups in total. The highest BCUT2D eigenvalue weighted by atomic mass is 32.1. The van der Waals surface area contributed by atoms with Gasteiger partial charge in [0.25, 0.3) is 0 Å². The van der Waals surface area contributed by atoms with Crippen molar-refractivity contribution >= 4 is 104 Å². The number of benzene rings is 13. The van der Waals surface area contributed by atoms with E-state index >= 15 is 0 Å². The number of hydrogen-bond donors (Lipinski definition) is 0. The summed E-state index contributed by atoms with van der Waals surface area (Å²) in [5, 5.41) is 7.53. The molecule has 0 aliphatic heterocycles. The summed E-state index contributed by atoms with van der Waals surface area (Å²) in [4.78, 5) is 7.18. The molecule has 0 radical (unpaired) electrons. The molecular weight excluding hydrogens is 963 g/mol. The first kappa shape index (κ1) is 46.5. The molecule has 368 valence electrons. The summed E-state index contributed by atoms with van der Waals surface area (Å²) in [5.41, 5.74) is 16.4. The highest BCUT2D eigenvalue weighted by Gasteiger charge is 2.23. The van der Waals surface area contributed by atoms with Gasteiger partial charge in [0.1, 0.15) is 0 Å². The maximum absolute atomic E-state index is 2.39. The van der Waals surface area contributed by atoms with E-state index in [1.165, 1.54) is 75.1 Å². The second-order valence-corrected chi connectivity index (χ2v) is 20.8. The number of para-hydroxylation sites is 3. The molecule has 3 nitrogen and oxygen atoms in total. The fourth-order valence-electron chi connectivity index (χ4n) is 11.3. The summed E-state index contributed by atoms with van der Waals surface area (Å²) < 4.78 is 2.62. The molecule has 0 saturated carbocycles. The lowest BCUT2D eigenvalue weighted by Gasteiger charge is -2.33. The van der Waals surface area contributed by atoms with Gasteiger partial charge in [0, 0.05) is 54.3 Å². The van der Waals surface area contributed by atoms with Gasteiger partial charge in [-0.1, -0.05) is 200 Å². The van der Waals surface area contributed by atoms with Crippen LogP contribution in [0.1, 0.15) is 0 Å². The zero-order chi connectivity index (χ0) is 51.8. The Bertz CT molecular complexity index is 4230. The number of thiophene rings is 1. The van der Waals surface area contributed by atoms with Crippen LogP contribution < -0.4 is 14.7 Å². The van der Waals surface area contributed by atoms with Crippen LogP contribution in [0.4, 0.5) is 51.2 Å². The Hall–Kier alpha value is -10.0. The van der Waals surface area contributed by atoms with Crippen LogP contribution >= 0.6 is 11.3 Å². The quantitative estimate of drug-likeness (QED) is 0.121. The Morgan fingerprint density at radius 1 is 0.192 bits per heavy atom. The third-order valence-electron chi connectivity index (χ3n) is 15.0. The van der Waals surface area contributed by atoms with Gasteiger partial charge in [-0.25, -0.2) is 0 Å². The Morgan fingerprint density at radius 2 is 0.526 bits per heavy atom. The van der Waals surface area contributed by atoms with E-state index in [1.54, 1.807) is 0 Å². The summed E-state index contributed by atoms with van der Waals surface area (Å²) in [6.45, 7) is 0. The first-order valence-electron chi connectivity index (χ1n) is 26.6. The zero-order valence-corrected chi connectivity index (χ0v) is 43.5. The molecule has 0 unspecified atom stereocenters. The minimum absolute atomic E-state index is 1.01. The molecule has 1 aromatic heterocycles. The van der Waals surface area contributed by atoms with Gasteiger partial charge in [0.15, 0.2) is 0 Å². The number of rotatable bonds is 12. The minimum Gasteiger partial charge on any atom is -0.310 e. The highest BCUT2D eigenvalue weighted by molar-refractivity contribution is 7.25. The second-order valence-electron chi connectivity index (χ2n) is 19.7. The summed E-state index contributed by atoms with van der Waals surface area (Å²) >= 11 is 1.85. The van der Waals surface area contributed by atoms with Crippen molar-refractivity contribution in [3.8, 4) is 33.4 Å². The number of hydrogen-bond acceptors (Lipinski definition) is 4. The smallest absolute Gasteiger partial charge is 0.0503 e. The molecule has 4 heteroatoms. The van der Waals surface area contributed by atoms with Crippen LogP contribution in [0.15, 0.2) is 309 Å². The maximum atomic E-state index is 2.39. The molecule has 0 bridgehead atoms. The van der Waals surface area contributed by atoms with E-state index < -0.39 is 0 Å². The largest absolute Gasteiger partial charge is 0.310 e. The van der Waals surface area contributed by atoms with Gasteiger partial charge < -0.3 is 14.7 Å². The highest BCUT2D eigenvalue weighted by Crippen LogP contribution is 2.47. The lowest BCUT2D eigenvalue weighted by molar-refractivity contribution is 1.22. The predicted molar refractivity (Wildman–Crippen MR) is 335 cm³/mol. The van der Waals surface area contributed by atoms with Gasteiger partial charge in [0.05, 0.1) is 17.1 Å². The van der Waals surface area contributed by atoms with E-state index in [0.29, 0.717) is 0 Å². The Balaban J connectivity index is 0.952. The van der Waals surface area contributed by atoms with Crippen LogP contribution in [0.3, 0.4) is 0 Å². The average molecular weight is 1010 g/mol. The van der Waals surface area contributed by atoms with E-state index in [1.807, 2.05) is 11.3 Å². The molecule has 0 amide bonds. The number of fused-ring (bicyclic) bond motifs is 5. The van der Waals surface area contributed by atoms with Crippen LogP contribution in [0.5, 0.6) is 0 Å². The molecule has 14 aromatic rings. The van der Waals surface area contributed by atoms with Crippen molar-refractivity contribution in [1.82, 2.24) is 0 Å². The second kappa shape index (κ2) is 20.3. The molecular formula is C74H51N3S. The van der Waals surface area contributed by atoms with Crippen molar-refractivity contribution in [2.45, 2.75) is 0 Å². The topological polar surface area (TPSA) is 9.72 Å². The van der Waals surface area contributed by atoms with Crippen molar-refractivity contribution in [3.05, 3.63) is 309 Å². The molecule has 0 atom stereocenters. The van der Waals surface area contributed by atoms with Crippen LogP contribution in [-0.4, -0.2) is 0 Å². The molecule has 0 saturated heterocycles. The van der Waals surface area contributed by atoms with E-state index in [9.17, 15) is 0 Å². The van der Waals surface area contributed by atoms with Crippen molar-refractivity contribution < 1.29 is 0 Å². The lowest BCUT2D eigenvalue weighted by atomic mass is 9.98. The minimum atomic E-state index is 1.01. The first-order valence-corrected chi connectivity index (χ1v) is 27.4. The fraction of sp³-hybridized carbons (Fsp3) is 0. The van der Waals surface area contributed by atoms with E-state index in [4.69, 9.17) is 0 Å². The van der Waals surface area contributed by atoms with Crippen LogP contribution in [0.25, 0.3) is 75.1 Å². The molecule has 78 heavy (non-hydrogen) atoms. The predicted octanol–water partition coefficient (Wildman–Crippen LogP) is 21.8. The monoisotopic (exact) mass is 1010 g/mol. The normalized spacial score (nSPS) is 11.3. The van der Waals surface area contributed by atoms with Gasteiger partial charge in [-0.3, -0.25) is 0 Å². The fourth-order valence-corrected chi connectivity index (χ4v) is 12.4. The van der Waals surface area contributed by atoms with Gasteiger partial charge in [0.2, 0.25) is 0 Å². The third kappa shape index (κ3) is 8.80. The maximum Gasteiger partial charge on any atom is 0.0503 e. The van der Waals surface area contributed by atoms with Gasteiger partial charge in [-0.2, -0.15) is 0 Å². The van der Waals surface area contributed by atoms with Crippen molar-refractivity contribution in [2.24, 2.45) is 0 Å². The third-order valence-corrected chi connectivity index (χ3v) is 16.1. The molecule has 13 aromatic carbocycles. The molecule has 1 heterocycles. The van der Waals surface area contributed by atoms with Crippen LogP contribution in [-0.2, 0) is 0 Å². The summed E-state index contributed by atoms with van der Waals surface area (Å²) in [6.07, 6.45) is 0. The lowest BCUT2D eigenvalue weighted by Crippen LogP contribution is -2.16. The molecule has 0 spiro atoms. The molecule has 14 rings (SSSR count). The number of anilines is 9. The van der Waals surface area contributed by atoms with E-state index in [2.05, 4.69) is 324 Å². The van der Waals surface area contributed by atoms with Crippen LogP contribution in [0, 0.1) is 0 Å². The standard InChI is InChI=1S/C74H51N3S/c1-4-22-58(23-5-1)75(61-41-34-52(35-42-61)57-40-47-74-72(48-57)71-30-14-15-33-73(71)78-74)64-49-65(76(59-24-6-2-7-25-59)62-43-36-55(37-44-62)69-31-16-20-53-18-10-12-28-67(53)69)51-66(50-64)77(60-26-8-3-9-27-60)63-45-38-56(39-46-63)70-32-17-21-54-19-11-13-29-68(54)70/h1-51H. The van der Waals surface area contributed by atoms with Crippen molar-refractivity contribution in [3.63, 3.8) is 0 Å². The molecule has 0 aliphatic carbocycles. The van der Waals surface area contributed by atoms with Crippen molar-refractivity contribution in [1.29, 1.82) is 0 Å². The summed E-state index contributed by atoms with van der Waals surface area (Å²) in [6, 6.07) is 113. The Morgan fingerprint density at radius 3 is 0.974 bits per heavy atom. The zero-order valence-electron chi connectivity index (χ0n) is 42.7. The van der Waals surface area contributed by atoms with E-state index in [-0.39, 0.29) is 0 Å². The summed E-state index contributed by atoms with van der Waals surface area (Å²) in [7, 11) is 0. The average Bonchev–Trinajstić information content (AvgIpc) is 3.96. The Kier molecular flexibility index (Phi) is 12.1.